The predicted molar refractivity (Wildman–Crippen MR) is 91.7 cm³/mol. The number of halogens is 1. The minimum atomic E-state index is -0.998. The van der Waals surface area contributed by atoms with Crippen LogP contribution < -0.4 is 4.74 Å². The molecule has 6 heteroatoms. The van der Waals surface area contributed by atoms with Gasteiger partial charge in [-0.15, -0.1) is 0 Å². The lowest BCUT2D eigenvalue weighted by atomic mass is 10.1. The first kappa shape index (κ1) is 17.5. The molecule has 0 aliphatic carbocycles. The highest BCUT2D eigenvalue weighted by Gasteiger charge is 2.05. The van der Waals surface area contributed by atoms with Gasteiger partial charge in [-0.05, 0) is 48.4 Å². The zero-order chi connectivity index (χ0) is 16.7. The molecule has 1 N–H and O–H groups in total. The minimum Gasteiger partial charge on any atom is -0.494 e. The molecule has 0 aliphatic rings. The van der Waals surface area contributed by atoms with Crippen molar-refractivity contribution in [2.24, 2.45) is 0 Å². The van der Waals surface area contributed by atoms with Gasteiger partial charge in [0, 0.05) is 27.3 Å². The van der Waals surface area contributed by atoms with E-state index in [1.807, 2.05) is 0 Å². The Hall–Kier alpha value is -1.85. The fraction of sp³-hybridized carbons (Fsp3) is 0.235. The molecule has 0 saturated heterocycles. The molecule has 0 radical (unpaired) electrons. The summed E-state index contributed by atoms with van der Waals surface area (Å²) in [6.45, 7) is 0.491. The average molecular weight is 353 g/mol. The van der Waals surface area contributed by atoms with Gasteiger partial charge in [0.2, 0.25) is 0 Å². The summed E-state index contributed by atoms with van der Waals surface area (Å²) in [5, 5.41) is 9.49. The van der Waals surface area contributed by atoms with Gasteiger partial charge in [-0.25, -0.2) is 4.79 Å². The van der Waals surface area contributed by atoms with Gasteiger partial charge in [-0.3, -0.25) is 4.21 Å². The molecule has 0 amide bonds. The van der Waals surface area contributed by atoms with Gasteiger partial charge in [0.1, 0.15) is 5.75 Å². The molecule has 0 aliphatic heterocycles. The van der Waals surface area contributed by atoms with Crippen LogP contribution in [0.25, 0.3) is 0 Å². The zero-order valence-electron chi connectivity index (χ0n) is 12.4. The lowest BCUT2D eigenvalue weighted by Crippen LogP contribution is -2.06. The summed E-state index contributed by atoms with van der Waals surface area (Å²) in [5.74, 6) is 0.733. The third kappa shape index (κ3) is 6.04. The van der Waals surface area contributed by atoms with E-state index in [9.17, 15) is 9.00 Å². The van der Waals surface area contributed by atoms with Crippen LogP contribution in [-0.2, 0) is 16.6 Å². The van der Waals surface area contributed by atoms with Crippen LogP contribution in [0.4, 0.5) is 0 Å². The third-order valence-electron chi connectivity index (χ3n) is 3.13. The summed E-state index contributed by atoms with van der Waals surface area (Å²) < 4.78 is 17.6. The quantitative estimate of drug-likeness (QED) is 0.735. The normalized spacial score (nSPS) is 11.9. The second kappa shape index (κ2) is 8.70. The lowest BCUT2D eigenvalue weighted by Gasteiger charge is -2.06. The van der Waals surface area contributed by atoms with Crippen molar-refractivity contribution in [1.82, 2.24) is 0 Å². The molecule has 0 aromatic heterocycles. The van der Waals surface area contributed by atoms with Crippen molar-refractivity contribution in [3.05, 3.63) is 64.7 Å². The molecule has 122 valence electrons. The highest BCUT2D eigenvalue weighted by atomic mass is 35.5. The van der Waals surface area contributed by atoms with E-state index in [1.165, 1.54) is 12.1 Å². The first-order chi connectivity index (χ1) is 11.0. The Labute approximate surface area is 142 Å². The third-order valence-corrected chi connectivity index (χ3v) is 4.78. The first-order valence-corrected chi connectivity index (χ1v) is 8.97. The van der Waals surface area contributed by atoms with Crippen LogP contribution in [0, 0.1) is 0 Å². The van der Waals surface area contributed by atoms with Crippen molar-refractivity contribution in [3.8, 4) is 5.75 Å². The molecule has 0 bridgehead atoms. The van der Waals surface area contributed by atoms with Crippen LogP contribution in [0.3, 0.4) is 0 Å². The highest BCUT2D eigenvalue weighted by Crippen LogP contribution is 2.15. The van der Waals surface area contributed by atoms with Gasteiger partial charge in [0.05, 0.1) is 12.2 Å². The molecule has 23 heavy (non-hydrogen) atoms. The fourth-order valence-electron chi connectivity index (χ4n) is 1.94. The summed E-state index contributed by atoms with van der Waals surface area (Å²) in [4.78, 5) is 10.8. The van der Waals surface area contributed by atoms with E-state index in [4.69, 9.17) is 21.4 Å². The van der Waals surface area contributed by atoms with Gasteiger partial charge in [0.25, 0.3) is 0 Å². The lowest BCUT2D eigenvalue weighted by molar-refractivity contribution is 0.0697. The van der Waals surface area contributed by atoms with E-state index in [0.29, 0.717) is 29.6 Å². The number of carboxylic acid groups (broad SMARTS) is 1. The maximum Gasteiger partial charge on any atom is 0.335 e. The Morgan fingerprint density at radius 3 is 2.35 bits per heavy atom. The van der Waals surface area contributed by atoms with E-state index in [-0.39, 0.29) is 5.56 Å². The van der Waals surface area contributed by atoms with Gasteiger partial charge < -0.3 is 9.84 Å². The SMILES string of the molecule is O=C(O)c1ccc(CS(=O)CCCOc2ccc(Cl)cc2)cc1. The van der Waals surface area contributed by atoms with Crippen LogP contribution in [0.1, 0.15) is 22.3 Å². The molecule has 2 aromatic carbocycles. The number of ether oxygens (including phenoxy) is 1. The van der Waals surface area contributed by atoms with Gasteiger partial charge in [0.15, 0.2) is 0 Å². The van der Waals surface area contributed by atoms with Gasteiger partial charge in [-0.2, -0.15) is 0 Å². The molecule has 0 fully saturated rings. The summed E-state index contributed by atoms with van der Waals surface area (Å²) in [6, 6.07) is 13.6. The number of hydrogen-bond acceptors (Lipinski definition) is 3. The fourth-order valence-corrected chi connectivity index (χ4v) is 3.22. The predicted octanol–water partition coefficient (Wildman–Crippen LogP) is 3.76. The van der Waals surface area contributed by atoms with E-state index in [1.54, 1.807) is 36.4 Å². The maximum absolute atomic E-state index is 12.0. The zero-order valence-corrected chi connectivity index (χ0v) is 14.0. The van der Waals surface area contributed by atoms with Crippen LogP contribution in [0.2, 0.25) is 5.02 Å². The molecule has 0 spiro atoms. The number of carbonyl (C=O) groups is 1. The van der Waals surface area contributed by atoms with E-state index in [0.717, 1.165) is 11.3 Å². The second-order valence-corrected chi connectivity index (χ2v) is 6.96. The van der Waals surface area contributed by atoms with Crippen LogP contribution in [-0.4, -0.2) is 27.6 Å². The summed E-state index contributed by atoms with van der Waals surface area (Å²) in [7, 11) is -0.998. The van der Waals surface area contributed by atoms with Crippen molar-refractivity contribution in [2.75, 3.05) is 12.4 Å². The van der Waals surface area contributed by atoms with Crippen molar-refractivity contribution in [2.45, 2.75) is 12.2 Å². The van der Waals surface area contributed by atoms with E-state index < -0.39 is 16.8 Å². The van der Waals surface area contributed by atoms with Crippen LogP contribution >= 0.6 is 11.6 Å². The number of benzene rings is 2. The minimum absolute atomic E-state index is 0.232. The van der Waals surface area contributed by atoms with Crippen molar-refractivity contribution in [1.29, 1.82) is 0 Å². The van der Waals surface area contributed by atoms with Crippen LogP contribution in [0.15, 0.2) is 48.5 Å². The summed E-state index contributed by atoms with van der Waals surface area (Å²) >= 11 is 5.79. The monoisotopic (exact) mass is 352 g/mol. The molecule has 0 saturated carbocycles. The summed E-state index contributed by atoms with van der Waals surface area (Å²) in [6.07, 6.45) is 0.683. The van der Waals surface area contributed by atoms with E-state index >= 15 is 0 Å². The molecule has 0 heterocycles. The number of rotatable bonds is 8. The Morgan fingerprint density at radius 1 is 1.09 bits per heavy atom. The standard InChI is InChI=1S/C17H17ClO4S/c18-15-6-8-16(9-7-15)22-10-1-11-23(21)12-13-2-4-14(5-3-13)17(19)20/h2-9H,1,10-12H2,(H,19,20). The Balaban J connectivity index is 1.70. The smallest absolute Gasteiger partial charge is 0.335 e. The molecule has 1 atom stereocenters. The largest absolute Gasteiger partial charge is 0.494 e. The van der Waals surface area contributed by atoms with Crippen molar-refractivity contribution in [3.63, 3.8) is 0 Å². The molecule has 4 nitrogen and oxygen atoms in total. The number of aromatic carboxylic acids is 1. The number of hydrogen-bond donors (Lipinski definition) is 1. The maximum atomic E-state index is 12.0. The Bertz CT molecular complexity index is 668. The molecular formula is C17H17ClO4S. The van der Waals surface area contributed by atoms with E-state index in [2.05, 4.69) is 0 Å². The Kier molecular flexibility index (Phi) is 6.62. The Morgan fingerprint density at radius 2 is 1.74 bits per heavy atom. The topological polar surface area (TPSA) is 63.6 Å². The molecular weight excluding hydrogens is 336 g/mol. The average Bonchev–Trinajstić information content (AvgIpc) is 2.54. The molecule has 2 rings (SSSR count). The van der Waals surface area contributed by atoms with Gasteiger partial charge in [-0.1, -0.05) is 23.7 Å². The van der Waals surface area contributed by atoms with Crippen molar-refractivity contribution < 1.29 is 18.8 Å². The van der Waals surface area contributed by atoms with Crippen LogP contribution in [0.5, 0.6) is 5.75 Å². The summed E-state index contributed by atoms with van der Waals surface area (Å²) in [5.41, 5.74) is 1.10. The highest BCUT2D eigenvalue weighted by molar-refractivity contribution is 7.84. The second-order valence-electron chi connectivity index (χ2n) is 4.95. The molecule has 2 aromatic rings. The number of carboxylic acids is 1. The van der Waals surface area contributed by atoms with Crippen molar-refractivity contribution >= 4 is 28.4 Å². The molecule has 1 unspecified atom stereocenters. The van der Waals surface area contributed by atoms with Gasteiger partial charge >= 0.3 is 5.97 Å². The first-order valence-electron chi connectivity index (χ1n) is 7.10.